The SMILES string of the molecule is NCC1CCN(C(=O)c2ccc3c(c2)C(=O)N(Cc2ccncc2)C3=O)CC1. The molecule has 2 aromatic rings. The highest BCUT2D eigenvalue weighted by atomic mass is 16.2. The number of hydrogen-bond acceptors (Lipinski definition) is 5. The molecule has 1 saturated heterocycles. The lowest BCUT2D eigenvalue weighted by Crippen LogP contribution is -2.40. The van der Waals surface area contributed by atoms with Gasteiger partial charge in [0, 0.05) is 31.0 Å². The van der Waals surface area contributed by atoms with Crippen LogP contribution in [0.4, 0.5) is 0 Å². The minimum absolute atomic E-state index is 0.105. The van der Waals surface area contributed by atoms with Crippen LogP contribution in [0.5, 0.6) is 0 Å². The van der Waals surface area contributed by atoms with Gasteiger partial charge in [-0.1, -0.05) is 0 Å². The van der Waals surface area contributed by atoms with Crippen molar-refractivity contribution in [1.29, 1.82) is 0 Å². The Kier molecular flexibility index (Phi) is 4.92. The molecule has 2 aliphatic rings. The summed E-state index contributed by atoms with van der Waals surface area (Å²) in [6.07, 6.45) is 5.03. The number of carbonyl (C=O) groups is 3. The molecule has 7 heteroatoms. The van der Waals surface area contributed by atoms with Gasteiger partial charge in [-0.05, 0) is 61.2 Å². The Morgan fingerprint density at radius 3 is 2.39 bits per heavy atom. The van der Waals surface area contributed by atoms with Gasteiger partial charge in [0.25, 0.3) is 17.7 Å². The van der Waals surface area contributed by atoms with E-state index in [-0.39, 0.29) is 24.3 Å². The monoisotopic (exact) mass is 378 g/mol. The number of likely N-dealkylation sites (tertiary alicyclic amines) is 1. The molecule has 0 atom stereocenters. The van der Waals surface area contributed by atoms with E-state index >= 15 is 0 Å². The van der Waals surface area contributed by atoms with Crippen molar-refractivity contribution in [2.24, 2.45) is 11.7 Å². The van der Waals surface area contributed by atoms with Crippen molar-refractivity contribution < 1.29 is 14.4 Å². The predicted octanol–water partition coefficient (Wildman–Crippen LogP) is 1.69. The molecule has 0 spiro atoms. The van der Waals surface area contributed by atoms with Gasteiger partial charge in [0.15, 0.2) is 0 Å². The third-order valence-electron chi connectivity index (χ3n) is 5.54. The van der Waals surface area contributed by atoms with E-state index in [4.69, 9.17) is 5.73 Å². The highest BCUT2D eigenvalue weighted by molar-refractivity contribution is 6.22. The lowest BCUT2D eigenvalue weighted by Gasteiger charge is -2.31. The Morgan fingerprint density at radius 2 is 1.71 bits per heavy atom. The number of piperidine rings is 1. The molecule has 3 amide bonds. The summed E-state index contributed by atoms with van der Waals surface area (Å²) in [5.41, 5.74) is 7.62. The number of carbonyl (C=O) groups excluding carboxylic acids is 3. The van der Waals surface area contributed by atoms with Gasteiger partial charge >= 0.3 is 0 Å². The maximum Gasteiger partial charge on any atom is 0.261 e. The Labute approximate surface area is 163 Å². The number of amides is 3. The Bertz CT molecular complexity index is 921. The van der Waals surface area contributed by atoms with Gasteiger partial charge in [0.1, 0.15) is 0 Å². The lowest BCUT2D eigenvalue weighted by atomic mass is 9.96. The molecule has 0 saturated carbocycles. The molecular formula is C21H22N4O3. The number of aromatic nitrogens is 1. The van der Waals surface area contributed by atoms with E-state index in [1.165, 1.54) is 4.90 Å². The zero-order chi connectivity index (χ0) is 19.7. The van der Waals surface area contributed by atoms with E-state index in [0.29, 0.717) is 42.2 Å². The fourth-order valence-electron chi connectivity index (χ4n) is 3.79. The molecule has 0 unspecified atom stereocenters. The van der Waals surface area contributed by atoms with Crippen LogP contribution >= 0.6 is 0 Å². The van der Waals surface area contributed by atoms with Crippen molar-refractivity contribution in [1.82, 2.24) is 14.8 Å². The first-order valence-electron chi connectivity index (χ1n) is 9.47. The first-order valence-corrected chi connectivity index (χ1v) is 9.47. The molecule has 1 aromatic heterocycles. The smallest absolute Gasteiger partial charge is 0.261 e. The van der Waals surface area contributed by atoms with Crippen LogP contribution in [0.15, 0.2) is 42.7 Å². The molecule has 7 nitrogen and oxygen atoms in total. The maximum atomic E-state index is 12.8. The van der Waals surface area contributed by atoms with Crippen LogP contribution in [-0.2, 0) is 6.54 Å². The number of benzene rings is 1. The van der Waals surface area contributed by atoms with E-state index < -0.39 is 0 Å². The zero-order valence-corrected chi connectivity index (χ0v) is 15.5. The summed E-state index contributed by atoms with van der Waals surface area (Å²) in [7, 11) is 0. The van der Waals surface area contributed by atoms with Crippen molar-refractivity contribution in [2.45, 2.75) is 19.4 Å². The lowest BCUT2D eigenvalue weighted by molar-refractivity contribution is 0.0641. The highest BCUT2D eigenvalue weighted by Crippen LogP contribution is 2.27. The molecule has 144 valence electrons. The van der Waals surface area contributed by atoms with Crippen molar-refractivity contribution >= 4 is 17.7 Å². The molecule has 0 aliphatic carbocycles. The second kappa shape index (κ2) is 7.52. The molecular weight excluding hydrogens is 356 g/mol. The number of imide groups is 1. The Balaban J connectivity index is 1.53. The van der Waals surface area contributed by atoms with Crippen LogP contribution in [0.3, 0.4) is 0 Å². The van der Waals surface area contributed by atoms with Crippen LogP contribution in [-0.4, -0.2) is 52.1 Å². The first kappa shape index (κ1) is 18.3. The summed E-state index contributed by atoms with van der Waals surface area (Å²) in [5, 5.41) is 0. The Morgan fingerprint density at radius 1 is 1.04 bits per heavy atom. The van der Waals surface area contributed by atoms with Gasteiger partial charge < -0.3 is 10.6 Å². The Hall–Kier alpha value is -3.06. The predicted molar refractivity (Wildman–Crippen MR) is 103 cm³/mol. The molecule has 1 fully saturated rings. The van der Waals surface area contributed by atoms with Gasteiger partial charge in [-0.15, -0.1) is 0 Å². The van der Waals surface area contributed by atoms with Crippen LogP contribution in [0.1, 0.15) is 49.5 Å². The third-order valence-corrected chi connectivity index (χ3v) is 5.54. The number of fused-ring (bicyclic) bond motifs is 1. The molecule has 2 aliphatic heterocycles. The first-order chi connectivity index (χ1) is 13.6. The molecule has 1 aromatic carbocycles. The van der Waals surface area contributed by atoms with Crippen LogP contribution in [0, 0.1) is 5.92 Å². The second-order valence-corrected chi connectivity index (χ2v) is 7.28. The molecule has 28 heavy (non-hydrogen) atoms. The van der Waals surface area contributed by atoms with Gasteiger partial charge in [0.2, 0.25) is 0 Å². The van der Waals surface area contributed by atoms with Gasteiger partial charge in [-0.2, -0.15) is 0 Å². The minimum Gasteiger partial charge on any atom is -0.339 e. The summed E-state index contributed by atoms with van der Waals surface area (Å²) < 4.78 is 0. The van der Waals surface area contributed by atoms with Crippen molar-refractivity contribution in [2.75, 3.05) is 19.6 Å². The van der Waals surface area contributed by atoms with Gasteiger partial charge in [-0.3, -0.25) is 24.3 Å². The van der Waals surface area contributed by atoms with Gasteiger partial charge in [0.05, 0.1) is 17.7 Å². The average Bonchev–Trinajstić information content (AvgIpc) is 2.98. The summed E-state index contributed by atoms with van der Waals surface area (Å²) in [5.74, 6) is -0.344. The van der Waals surface area contributed by atoms with E-state index in [0.717, 1.165) is 18.4 Å². The van der Waals surface area contributed by atoms with Crippen LogP contribution < -0.4 is 5.73 Å². The van der Waals surface area contributed by atoms with Crippen molar-refractivity contribution in [3.8, 4) is 0 Å². The second-order valence-electron chi connectivity index (χ2n) is 7.28. The standard InChI is InChI=1S/C21H22N4O3/c22-12-14-5-9-24(10-6-14)19(26)16-1-2-17-18(11-16)21(28)25(20(17)27)13-15-3-7-23-8-4-15/h1-4,7-8,11,14H,5-6,9-10,12-13,22H2. The van der Waals surface area contributed by atoms with Crippen LogP contribution in [0.2, 0.25) is 0 Å². The van der Waals surface area contributed by atoms with E-state index in [1.807, 2.05) is 0 Å². The molecule has 0 bridgehead atoms. The summed E-state index contributed by atoms with van der Waals surface area (Å²) >= 11 is 0. The third kappa shape index (κ3) is 3.29. The van der Waals surface area contributed by atoms with Crippen molar-refractivity contribution in [3.63, 3.8) is 0 Å². The molecule has 3 heterocycles. The number of nitrogens with zero attached hydrogens (tertiary/aromatic N) is 3. The van der Waals surface area contributed by atoms with E-state index in [2.05, 4.69) is 4.98 Å². The molecule has 2 N–H and O–H groups in total. The van der Waals surface area contributed by atoms with E-state index in [9.17, 15) is 14.4 Å². The average molecular weight is 378 g/mol. The number of rotatable bonds is 4. The summed E-state index contributed by atoms with van der Waals surface area (Å²) in [6.45, 7) is 2.16. The fraction of sp³-hybridized carbons (Fsp3) is 0.333. The zero-order valence-electron chi connectivity index (χ0n) is 15.5. The maximum absolute atomic E-state index is 12.8. The van der Waals surface area contributed by atoms with Gasteiger partial charge in [-0.25, -0.2) is 0 Å². The number of hydrogen-bond donors (Lipinski definition) is 1. The van der Waals surface area contributed by atoms with Crippen LogP contribution in [0.25, 0.3) is 0 Å². The topological polar surface area (TPSA) is 96.6 Å². The van der Waals surface area contributed by atoms with E-state index in [1.54, 1.807) is 47.6 Å². The fourth-order valence-corrected chi connectivity index (χ4v) is 3.79. The number of nitrogens with two attached hydrogens (primary N) is 1. The minimum atomic E-state index is -0.367. The molecule has 0 radical (unpaired) electrons. The normalized spacial score (nSPS) is 17.2. The summed E-state index contributed by atoms with van der Waals surface area (Å²) in [6, 6.07) is 8.31. The highest BCUT2D eigenvalue weighted by Gasteiger charge is 2.36. The largest absolute Gasteiger partial charge is 0.339 e. The number of pyridine rings is 1. The quantitative estimate of drug-likeness (QED) is 0.817. The van der Waals surface area contributed by atoms with Crippen molar-refractivity contribution in [3.05, 3.63) is 65.0 Å². The molecule has 4 rings (SSSR count). The summed E-state index contributed by atoms with van der Waals surface area (Å²) in [4.78, 5) is 45.2.